The first-order valence-corrected chi connectivity index (χ1v) is 19.2. The molecule has 10 aromatic rings. The fourth-order valence-electron chi connectivity index (χ4n) is 8.25. The third-order valence-corrected chi connectivity index (χ3v) is 10.8. The first-order chi connectivity index (χ1) is 27.8. The summed E-state index contributed by atoms with van der Waals surface area (Å²) in [4.78, 5) is 2.40. The number of hydrogen-bond donors (Lipinski definition) is 0. The van der Waals surface area contributed by atoms with Crippen LogP contribution in [-0.4, -0.2) is 4.57 Å². The SMILES string of the molecule is c1ccc(-c2ccc(-c3ccccc3-c3ccccc3)c(-c3ccccc3N(c3ccccc3)c3ccc(-n4c5ccccc5c5ccccc54)cc3)c2)cc1. The Kier molecular flexibility index (Phi) is 8.55. The van der Waals surface area contributed by atoms with Gasteiger partial charge < -0.3 is 9.47 Å². The summed E-state index contributed by atoms with van der Waals surface area (Å²) in [5.41, 5.74) is 16.3. The highest BCUT2D eigenvalue weighted by molar-refractivity contribution is 6.09. The molecule has 56 heavy (non-hydrogen) atoms. The van der Waals surface area contributed by atoms with Crippen molar-refractivity contribution in [3.63, 3.8) is 0 Å². The maximum Gasteiger partial charge on any atom is 0.0541 e. The molecular formula is C54H38N2. The molecule has 1 heterocycles. The van der Waals surface area contributed by atoms with Gasteiger partial charge >= 0.3 is 0 Å². The molecule has 0 atom stereocenters. The molecule has 0 fully saturated rings. The van der Waals surface area contributed by atoms with Crippen molar-refractivity contribution in [1.82, 2.24) is 4.57 Å². The molecular weight excluding hydrogens is 677 g/mol. The minimum atomic E-state index is 1.08. The van der Waals surface area contributed by atoms with Gasteiger partial charge in [0, 0.05) is 33.4 Å². The van der Waals surface area contributed by atoms with E-state index in [4.69, 9.17) is 0 Å². The Hall–Kier alpha value is -7.42. The highest BCUT2D eigenvalue weighted by atomic mass is 15.1. The van der Waals surface area contributed by atoms with Gasteiger partial charge in [-0.05, 0) is 99.6 Å². The molecule has 0 saturated carbocycles. The standard InChI is InChI=1S/C54H38N2/c1-4-18-39(19-5-1)41-32-37-47(46-25-11-10-24-45(46)40-20-6-2-7-21-40)51(38-41)50-28-14-15-29-52(50)55(42-22-8-3-9-23-42)43-33-35-44(36-34-43)56-53-30-16-12-26-48(53)49-27-13-17-31-54(49)56/h1-38H. The van der Waals surface area contributed by atoms with Crippen LogP contribution in [0.1, 0.15) is 0 Å². The van der Waals surface area contributed by atoms with E-state index in [-0.39, 0.29) is 0 Å². The number of rotatable bonds is 8. The zero-order chi connectivity index (χ0) is 37.3. The van der Waals surface area contributed by atoms with Crippen LogP contribution in [0.5, 0.6) is 0 Å². The molecule has 9 aromatic carbocycles. The van der Waals surface area contributed by atoms with Crippen molar-refractivity contribution in [3.05, 3.63) is 231 Å². The molecule has 0 N–H and O–H groups in total. The molecule has 0 spiro atoms. The Balaban J connectivity index is 1.17. The molecule has 0 radical (unpaired) electrons. The number of fused-ring (bicyclic) bond motifs is 3. The van der Waals surface area contributed by atoms with Crippen molar-refractivity contribution in [2.75, 3.05) is 4.90 Å². The summed E-state index contributed by atoms with van der Waals surface area (Å²) in [5.74, 6) is 0. The Labute approximate surface area is 327 Å². The molecule has 2 nitrogen and oxygen atoms in total. The monoisotopic (exact) mass is 714 g/mol. The first-order valence-electron chi connectivity index (χ1n) is 19.2. The third-order valence-electron chi connectivity index (χ3n) is 10.8. The van der Waals surface area contributed by atoms with Gasteiger partial charge in [-0.15, -0.1) is 0 Å². The molecule has 1 aromatic heterocycles. The summed E-state index contributed by atoms with van der Waals surface area (Å²) < 4.78 is 2.38. The maximum atomic E-state index is 2.40. The molecule has 10 rings (SSSR count). The van der Waals surface area contributed by atoms with Crippen molar-refractivity contribution in [2.45, 2.75) is 0 Å². The lowest BCUT2D eigenvalue weighted by Crippen LogP contribution is -2.11. The van der Waals surface area contributed by atoms with E-state index in [1.807, 2.05) is 0 Å². The fraction of sp³-hybridized carbons (Fsp3) is 0. The van der Waals surface area contributed by atoms with E-state index >= 15 is 0 Å². The number of anilines is 3. The fourth-order valence-corrected chi connectivity index (χ4v) is 8.25. The van der Waals surface area contributed by atoms with E-state index in [1.165, 1.54) is 60.8 Å². The second-order valence-corrected chi connectivity index (χ2v) is 14.1. The molecule has 0 bridgehead atoms. The third kappa shape index (κ3) is 5.95. The van der Waals surface area contributed by atoms with Crippen molar-refractivity contribution >= 4 is 38.9 Å². The van der Waals surface area contributed by atoms with Gasteiger partial charge in [-0.3, -0.25) is 0 Å². The van der Waals surface area contributed by atoms with Gasteiger partial charge in [0.05, 0.1) is 16.7 Å². The van der Waals surface area contributed by atoms with Crippen LogP contribution < -0.4 is 4.90 Å². The van der Waals surface area contributed by atoms with Gasteiger partial charge in [0.2, 0.25) is 0 Å². The predicted molar refractivity (Wildman–Crippen MR) is 237 cm³/mol. The summed E-state index contributed by atoms with van der Waals surface area (Å²) in [6.45, 7) is 0. The Morgan fingerprint density at radius 2 is 0.768 bits per heavy atom. The molecule has 0 saturated heterocycles. The van der Waals surface area contributed by atoms with Gasteiger partial charge in [-0.25, -0.2) is 0 Å². The second kappa shape index (κ2) is 14.4. The smallest absolute Gasteiger partial charge is 0.0541 e. The maximum absolute atomic E-state index is 2.40. The van der Waals surface area contributed by atoms with E-state index in [0.717, 1.165) is 28.3 Å². The highest BCUT2D eigenvalue weighted by Crippen LogP contribution is 2.46. The van der Waals surface area contributed by atoms with Gasteiger partial charge in [-0.2, -0.15) is 0 Å². The summed E-state index contributed by atoms with van der Waals surface area (Å²) in [6.07, 6.45) is 0. The topological polar surface area (TPSA) is 8.17 Å². The molecule has 264 valence electrons. The molecule has 0 amide bonds. The molecule has 0 aliphatic carbocycles. The first kappa shape index (κ1) is 33.2. The minimum absolute atomic E-state index is 1.08. The second-order valence-electron chi connectivity index (χ2n) is 14.1. The van der Waals surface area contributed by atoms with Crippen LogP contribution in [0.25, 0.3) is 72.0 Å². The normalized spacial score (nSPS) is 11.2. The van der Waals surface area contributed by atoms with Gasteiger partial charge in [-0.1, -0.05) is 170 Å². The zero-order valence-corrected chi connectivity index (χ0v) is 30.8. The largest absolute Gasteiger partial charge is 0.310 e. The Morgan fingerprint density at radius 3 is 1.43 bits per heavy atom. The summed E-state index contributed by atoms with van der Waals surface area (Å²) in [7, 11) is 0. The van der Waals surface area contributed by atoms with Gasteiger partial charge in [0.25, 0.3) is 0 Å². The van der Waals surface area contributed by atoms with Crippen molar-refractivity contribution in [1.29, 1.82) is 0 Å². The van der Waals surface area contributed by atoms with Crippen molar-refractivity contribution < 1.29 is 0 Å². The van der Waals surface area contributed by atoms with E-state index in [9.17, 15) is 0 Å². The van der Waals surface area contributed by atoms with Crippen molar-refractivity contribution in [3.8, 4) is 50.2 Å². The van der Waals surface area contributed by atoms with Crippen LogP contribution >= 0.6 is 0 Å². The molecule has 0 aliphatic heterocycles. The van der Waals surface area contributed by atoms with Crippen LogP contribution in [0.2, 0.25) is 0 Å². The lowest BCUT2D eigenvalue weighted by Gasteiger charge is -2.29. The number of para-hydroxylation sites is 4. The lowest BCUT2D eigenvalue weighted by molar-refractivity contribution is 1.17. The minimum Gasteiger partial charge on any atom is -0.310 e. The average Bonchev–Trinajstić information content (AvgIpc) is 3.62. The summed E-state index contributed by atoms with van der Waals surface area (Å²) in [6, 6.07) is 83.1. The summed E-state index contributed by atoms with van der Waals surface area (Å²) in [5, 5.41) is 2.52. The van der Waals surface area contributed by atoms with E-state index in [1.54, 1.807) is 0 Å². The average molecular weight is 715 g/mol. The van der Waals surface area contributed by atoms with Crippen LogP contribution in [-0.2, 0) is 0 Å². The van der Waals surface area contributed by atoms with Crippen LogP contribution in [0, 0.1) is 0 Å². The zero-order valence-electron chi connectivity index (χ0n) is 30.8. The Bertz CT molecular complexity index is 2890. The number of aromatic nitrogens is 1. The van der Waals surface area contributed by atoms with Crippen LogP contribution in [0.15, 0.2) is 231 Å². The molecule has 2 heteroatoms. The van der Waals surface area contributed by atoms with E-state index < -0.39 is 0 Å². The van der Waals surface area contributed by atoms with Crippen LogP contribution in [0.4, 0.5) is 17.1 Å². The number of hydrogen-bond acceptors (Lipinski definition) is 1. The molecule has 0 unspecified atom stereocenters. The Morgan fingerprint density at radius 1 is 0.286 bits per heavy atom. The molecule has 0 aliphatic rings. The number of nitrogens with zero attached hydrogens (tertiary/aromatic N) is 2. The predicted octanol–water partition coefficient (Wildman–Crippen LogP) is 14.9. The lowest BCUT2D eigenvalue weighted by atomic mass is 9.87. The quantitative estimate of drug-likeness (QED) is 0.152. The van der Waals surface area contributed by atoms with Crippen molar-refractivity contribution in [2.24, 2.45) is 0 Å². The number of benzene rings is 9. The van der Waals surface area contributed by atoms with Crippen LogP contribution in [0.3, 0.4) is 0 Å². The van der Waals surface area contributed by atoms with Gasteiger partial charge in [0.1, 0.15) is 0 Å². The van der Waals surface area contributed by atoms with E-state index in [0.29, 0.717) is 0 Å². The highest BCUT2D eigenvalue weighted by Gasteiger charge is 2.21. The van der Waals surface area contributed by atoms with E-state index in [2.05, 4.69) is 240 Å². The summed E-state index contributed by atoms with van der Waals surface area (Å²) >= 11 is 0. The van der Waals surface area contributed by atoms with Gasteiger partial charge in [0.15, 0.2) is 0 Å².